The summed E-state index contributed by atoms with van der Waals surface area (Å²) in [7, 11) is 1.98. The number of carbonyl (C=O) groups excluding carboxylic acids is 3. The lowest BCUT2D eigenvalue weighted by atomic mass is 9.75. The Bertz CT molecular complexity index is 2220. The minimum absolute atomic E-state index is 0.0454. The molecule has 5 N–H and O–H groups in total. The van der Waals surface area contributed by atoms with Gasteiger partial charge in [-0.3, -0.25) is 14.4 Å². The smallest absolute Gasteiger partial charge is 0.435 e. The van der Waals surface area contributed by atoms with Gasteiger partial charge in [-0.05, 0) is 98.7 Å². The van der Waals surface area contributed by atoms with Gasteiger partial charge in [0.1, 0.15) is 6.04 Å². The van der Waals surface area contributed by atoms with Crippen LogP contribution in [0.4, 0.5) is 24.5 Å². The number of fused-ring (bicyclic) bond motifs is 2. The first kappa shape index (κ1) is 43.8. The van der Waals surface area contributed by atoms with Gasteiger partial charge in [-0.15, -0.1) is 23.2 Å². The van der Waals surface area contributed by atoms with Gasteiger partial charge >= 0.3 is 12.1 Å². The highest BCUT2D eigenvalue weighted by Gasteiger charge is 2.45. The number of alkyl halides is 5. The number of primary amides is 1. The van der Waals surface area contributed by atoms with E-state index >= 15 is 0 Å². The molecule has 0 aliphatic heterocycles. The number of Topliss-reactive ketones (excluding diaryl/α,β-unsaturated/α-hetero) is 1. The van der Waals surface area contributed by atoms with Crippen molar-refractivity contribution in [3.63, 3.8) is 0 Å². The van der Waals surface area contributed by atoms with Crippen molar-refractivity contribution in [3.8, 4) is 5.69 Å². The maximum absolute atomic E-state index is 14.1. The third kappa shape index (κ3) is 9.83. The second-order valence-electron chi connectivity index (χ2n) is 16.4. The van der Waals surface area contributed by atoms with Gasteiger partial charge in [0, 0.05) is 78.8 Å². The van der Waals surface area contributed by atoms with Gasteiger partial charge in [-0.25, -0.2) is 9.48 Å². The molecule has 2 heterocycles. The zero-order valence-corrected chi connectivity index (χ0v) is 34.8. The number of hydrogen-bond acceptors (Lipinski definition) is 7. The fourth-order valence-electron chi connectivity index (χ4n) is 8.64. The molecule has 2 aliphatic rings. The average Bonchev–Trinajstić information content (AvgIpc) is 3.70. The number of carboxylic acids is 1. The summed E-state index contributed by atoms with van der Waals surface area (Å²) in [5.41, 5.74) is 7.32. The number of aliphatic carboxylic acids is 1. The van der Waals surface area contributed by atoms with E-state index in [0.717, 1.165) is 27.0 Å². The Balaban J connectivity index is 1.08. The molecule has 2 aromatic carbocycles. The Morgan fingerprint density at radius 1 is 1.03 bits per heavy atom. The van der Waals surface area contributed by atoms with Crippen LogP contribution in [0.3, 0.4) is 0 Å². The second kappa shape index (κ2) is 17.8. The molecule has 1 saturated carbocycles. The van der Waals surface area contributed by atoms with E-state index in [0.29, 0.717) is 63.4 Å². The highest BCUT2D eigenvalue weighted by Crippen LogP contribution is 2.42. The van der Waals surface area contributed by atoms with E-state index in [-0.39, 0.29) is 59.8 Å². The lowest BCUT2D eigenvalue weighted by molar-refractivity contribution is -0.144. The zero-order valence-electron chi connectivity index (χ0n) is 33.3. The summed E-state index contributed by atoms with van der Waals surface area (Å²) in [6, 6.07) is 11.3. The summed E-state index contributed by atoms with van der Waals surface area (Å²) in [5.74, 6) is -2.24. The largest absolute Gasteiger partial charge is 0.480 e. The van der Waals surface area contributed by atoms with Gasteiger partial charge in [-0.1, -0.05) is 13.8 Å². The molecule has 4 aromatic rings. The monoisotopic (exact) mass is 859 g/mol. The lowest BCUT2D eigenvalue weighted by Crippen LogP contribution is -2.47. The van der Waals surface area contributed by atoms with Crippen LogP contribution in [-0.4, -0.2) is 80.0 Å². The number of carboxylic acid groups (broad SMARTS) is 1. The predicted molar refractivity (Wildman–Crippen MR) is 222 cm³/mol. The van der Waals surface area contributed by atoms with Crippen molar-refractivity contribution in [1.82, 2.24) is 19.7 Å². The molecule has 12 nitrogen and oxygen atoms in total. The average molecular weight is 861 g/mol. The molecule has 1 atom stereocenters. The number of nitrogens with one attached hydrogen (secondary N) is 2. The van der Waals surface area contributed by atoms with E-state index < -0.39 is 46.6 Å². The Kier molecular flexibility index (Phi) is 13.2. The molecule has 1 fully saturated rings. The molecule has 59 heavy (non-hydrogen) atoms. The number of aromatic nitrogens is 3. The van der Waals surface area contributed by atoms with Crippen molar-refractivity contribution in [2.45, 2.75) is 89.9 Å². The van der Waals surface area contributed by atoms with Crippen LogP contribution in [-0.2, 0) is 35.7 Å². The van der Waals surface area contributed by atoms with Crippen molar-refractivity contribution in [3.05, 3.63) is 70.7 Å². The molecule has 2 aromatic heterocycles. The maximum atomic E-state index is 14.1. The minimum Gasteiger partial charge on any atom is -0.480 e. The predicted octanol–water partition coefficient (Wildman–Crippen LogP) is 7.48. The number of ketones is 1. The van der Waals surface area contributed by atoms with Gasteiger partial charge in [0.15, 0.2) is 11.5 Å². The summed E-state index contributed by atoms with van der Waals surface area (Å²) in [6.07, 6.45) is -1.56. The van der Waals surface area contributed by atoms with Crippen molar-refractivity contribution < 1.29 is 37.5 Å². The fraction of sp³-hybridized carbons (Fsp3) is 0.500. The van der Waals surface area contributed by atoms with E-state index in [9.17, 15) is 37.5 Å². The summed E-state index contributed by atoms with van der Waals surface area (Å²) in [4.78, 5) is 53.1. The van der Waals surface area contributed by atoms with E-state index in [1.54, 1.807) is 0 Å². The molecule has 2 aliphatic carbocycles. The van der Waals surface area contributed by atoms with Crippen molar-refractivity contribution >= 4 is 69.0 Å². The summed E-state index contributed by atoms with van der Waals surface area (Å²) in [6.45, 7) is 4.97. The lowest BCUT2D eigenvalue weighted by Gasteiger charge is -2.33. The summed E-state index contributed by atoms with van der Waals surface area (Å²) < 4.78 is 45.5. The molecule has 2 amide bonds. The van der Waals surface area contributed by atoms with Crippen LogP contribution in [0.1, 0.15) is 96.6 Å². The second-order valence-corrected chi connectivity index (χ2v) is 17.2. The molecule has 6 rings (SSSR count). The van der Waals surface area contributed by atoms with Crippen LogP contribution in [0.5, 0.6) is 0 Å². The number of benzene rings is 2. The first-order valence-corrected chi connectivity index (χ1v) is 20.9. The van der Waals surface area contributed by atoms with Crippen LogP contribution in [0.15, 0.2) is 42.5 Å². The number of nitrogens with two attached hydrogens (primary N) is 1. The summed E-state index contributed by atoms with van der Waals surface area (Å²) >= 11 is 12.0. The highest BCUT2D eigenvalue weighted by atomic mass is 35.5. The van der Waals surface area contributed by atoms with E-state index in [1.807, 2.05) is 27.0 Å². The normalized spacial score (nSPS) is 18.3. The minimum atomic E-state index is -4.85. The molecule has 17 heteroatoms. The number of nitrogens with zero attached hydrogens (tertiary/aromatic N) is 4. The molecule has 0 radical (unpaired) electrons. The number of aryl methyl sites for hydroxylation is 2. The number of hydrogen-bond donors (Lipinski definition) is 4. The maximum Gasteiger partial charge on any atom is 0.435 e. The number of anilines is 2. The SMILES string of the molecule is Cn1c(CCCC(=O)NC(C(=O)O)C2CCC(Nc3cc(-n4nc(C(F)(F)F)c5c4CC(C)(C)CC5=O)ccc3C(N)=O)CC2)cc2cc(N(CCCl)CCCl)ccc21. The van der Waals surface area contributed by atoms with Crippen LogP contribution in [0.25, 0.3) is 16.6 Å². The standard InChI is InChI=1S/C42H50Cl2F3N7O5/c1-41(2)22-33-36(34(55)23-41)38(42(45,46)47)51-54(33)29-11-13-30(39(48)57)31(21-29)49-26-9-7-24(8-10-26)37(40(58)59)50-35(56)6-4-5-27-19-25-20-28(12-14-32(25)52(27)3)53(17-15-43)18-16-44/h11-14,19-21,24,26,37,49H,4-10,15-18,22-23H2,1-3H3,(H2,48,57)(H,50,56)(H,58,59). The van der Waals surface area contributed by atoms with Gasteiger partial charge in [0.05, 0.1) is 22.5 Å². The number of halogens is 5. The van der Waals surface area contributed by atoms with Crippen LogP contribution in [0, 0.1) is 11.3 Å². The number of carbonyl (C=O) groups is 4. The first-order chi connectivity index (χ1) is 27.9. The molecule has 0 saturated heterocycles. The molecular weight excluding hydrogens is 810 g/mol. The Morgan fingerprint density at radius 2 is 1.73 bits per heavy atom. The third-order valence-corrected chi connectivity index (χ3v) is 11.9. The Hall–Kier alpha value is -4.76. The van der Waals surface area contributed by atoms with E-state index in [4.69, 9.17) is 28.9 Å². The molecule has 0 spiro atoms. The zero-order chi connectivity index (χ0) is 42.8. The number of amides is 2. The highest BCUT2D eigenvalue weighted by molar-refractivity contribution is 6.18. The summed E-state index contributed by atoms with van der Waals surface area (Å²) in [5, 5.41) is 21.1. The van der Waals surface area contributed by atoms with Gasteiger partial charge < -0.3 is 30.9 Å². The fourth-order valence-corrected chi connectivity index (χ4v) is 9.04. The third-order valence-electron chi connectivity index (χ3n) is 11.5. The van der Waals surface area contributed by atoms with Gasteiger partial charge in [-0.2, -0.15) is 18.3 Å². The van der Waals surface area contributed by atoms with Crippen molar-refractivity contribution in [2.24, 2.45) is 24.1 Å². The quantitative estimate of drug-likeness (QED) is 0.0843. The first-order valence-electron chi connectivity index (χ1n) is 19.8. The van der Waals surface area contributed by atoms with Crippen LogP contribution in [0.2, 0.25) is 0 Å². The Morgan fingerprint density at radius 3 is 2.36 bits per heavy atom. The van der Waals surface area contributed by atoms with E-state index in [1.165, 1.54) is 18.2 Å². The molecule has 0 bridgehead atoms. The van der Waals surface area contributed by atoms with Crippen LogP contribution < -0.4 is 21.3 Å². The van der Waals surface area contributed by atoms with E-state index in [2.05, 4.69) is 43.4 Å². The molecule has 1 unspecified atom stereocenters. The van der Waals surface area contributed by atoms with Gasteiger partial charge in [0.25, 0.3) is 5.91 Å². The Labute approximate surface area is 350 Å². The van der Waals surface area contributed by atoms with Crippen molar-refractivity contribution in [1.29, 1.82) is 0 Å². The van der Waals surface area contributed by atoms with Crippen LogP contribution >= 0.6 is 23.2 Å². The van der Waals surface area contributed by atoms with Gasteiger partial charge in [0.2, 0.25) is 5.91 Å². The topological polar surface area (TPSA) is 165 Å². The number of rotatable bonds is 16. The molecular formula is C42H50Cl2F3N7O5. The molecule has 318 valence electrons. The van der Waals surface area contributed by atoms with Crippen molar-refractivity contribution in [2.75, 3.05) is 35.1 Å².